The maximum Gasteiger partial charge on any atom is 0.251 e. The summed E-state index contributed by atoms with van der Waals surface area (Å²) in [4.78, 5) is 16.1. The number of carbonyl (C=O) groups excluding carboxylic acids is 1. The number of unbranched alkanes of at least 4 members (excludes halogenated alkanes) is 1. The van der Waals surface area contributed by atoms with E-state index in [2.05, 4.69) is 22.5 Å². The van der Waals surface area contributed by atoms with Gasteiger partial charge in [-0.3, -0.25) is 4.79 Å². The van der Waals surface area contributed by atoms with Gasteiger partial charge in [0, 0.05) is 38.1 Å². The molecule has 5 heteroatoms. The Bertz CT molecular complexity index is 396. The van der Waals surface area contributed by atoms with Gasteiger partial charge in [-0.15, -0.1) is 0 Å². The lowest BCUT2D eigenvalue weighted by molar-refractivity contribution is 0.0940. The smallest absolute Gasteiger partial charge is 0.251 e. The van der Waals surface area contributed by atoms with Crippen molar-refractivity contribution in [3.8, 4) is 0 Å². The van der Waals surface area contributed by atoms with Gasteiger partial charge in [-0.05, 0) is 31.9 Å². The SMILES string of the molecule is CCCCOCCCNC(=O)c1ccnc(NCC)c1. The zero-order valence-electron chi connectivity index (χ0n) is 12.4. The highest BCUT2D eigenvalue weighted by atomic mass is 16.5. The molecule has 0 radical (unpaired) electrons. The van der Waals surface area contributed by atoms with Gasteiger partial charge in [0.05, 0.1) is 0 Å². The first kappa shape index (κ1) is 16.4. The third-order valence-corrected chi connectivity index (χ3v) is 2.77. The largest absolute Gasteiger partial charge is 0.381 e. The number of rotatable bonds is 10. The molecule has 1 heterocycles. The molecule has 0 aliphatic rings. The zero-order chi connectivity index (χ0) is 14.6. The molecule has 0 aromatic carbocycles. The van der Waals surface area contributed by atoms with Crippen LogP contribution in [0.5, 0.6) is 0 Å². The second-order valence-electron chi connectivity index (χ2n) is 4.54. The van der Waals surface area contributed by atoms with Crippen LogP contribution in [-0.4, -0.2) is 37.2 Å². The van der Waals surface area contributed by atoms with E-state index < -0.39 is 0 Å². The predicted octanol–water partition coefficient (Wildman–Crippen LogP) is 2.45. The first-order chi connectivity index (χ1) is 9.77. The number of carbonyl (C=O) groups is 1. The quantitative estimate of drug-likeness (QED) is 0.646. The van der Waals surface area contributed by atoms with Gasteiger partial charge in [-0.2, -0.15) is 0 Å². The summed E-state index contributed by atoms with van der Waals surface area (Å²) in [7, 11) is 0. The highest BCUT2D eigenvalue weighted by molar-refractivity contribution is 5.94. The number of amides is 1. The Hall–Kier alpha value is -1.62. The van der Waals surface area contributed by atoms with Crippen molar-refractivity contribution in [2.45, 2.75) is 33.1 Å². The van der Waals surface area contributed by atoms with Gasteiger partial charge in [0.25, 0.3) is 5.91 Å². The van der Waals surface area contributed by atoms with Crippen molar-refractivity contribution in [1.29, 1.82) is 0 Å². The van der Waals surface area contributed by atoms with E-state index in [4.69, 9.17) is 4.74 Å². The minimum atomic E-state index is -0.0693. The summed E-state index contributed by atoms with van der Waals surface area (Å²) < 4.78 is 5.44. The number of hydrogen-bond donors (Lipinski definition) is 2. The Labute approximate surface area is 121 Å². The third-order valence-electron chi connectivity index (χ3n) is 2.77. The fraction of sp³-hybridized carbons (Fsp3) is 0.600. The number of anilines is 1. The van der Waals surface area contributed by atoms with Crippen LogP contribution in [0.15, 0.2) is 18.3 Å². The molecule has 0 spiro atoms. The average Bonchev–Trinajstić information content (AvgIpc) is 2.47. The van der Waals surface area contributed by atoms with Crippen LogP contribution < -0.4 is 10.6 Å². The first-order valence-corrected chi connectivity index (χ1v) is 7.33. The topological polar surface area (TPSA) is 63.2 Å². The van der Waals surface area contributed by atoms with Crippen LogP contribution in [0.2, 0.25) is 0 Å². The fourth-order valence-electron chi connectivity index (χ4n) is 1.68. The molecule has 1 amide bonds. The highest BCUT2D eigenvalue weighted by Gasteiger charge is 2.05. The van der Waals surface area contributed by atoms with Crippen molar-refractivity contribution < 1.29 is 9.53 Å². The van der Waals surface area contributed by atoms with E-state index in [-0.39, 0.29) is 5.91 Å². The Morgan fingerprint density at radius 3 is 2.85 bits per heavy atom. The molecule has 1 aromatic rings. The molecule has 0 saturated carbocycles. The summed E-state index contributed by atoms with van der Waals surface area (Å²) in [5.74, 6) is 0.656. The Morgan fingerprint density at radius 1 is 1.30 bits per heavy atom. The van der Waals surface area contributed by atoms with E-state index in [0.29, 0.717) is 18.7 Å². The lowest BCUT2D eigenvalue weighted by Crippen LogP contribution is -2.25. The number of aromatic nitrogens is 1. The van der Waals surface area contributed by atoms with Gasteiger partial charge in [0.15, 0.2) is 0 Å². The van der Waals surface area contributed by atoms with E-state index in [9.17, 15) is 4.79 Å². The lowest BCUT2D eigenvalue weighted by atomic mass is 10.2. The Kier molecular flexibility index (Phi) is 8.38. The molecule has 0 bridgehead atoms. The van der Waals surface area contributed by atoms with Crippen LogP contribution in [0.25, 0.3) is 0 Å². The molecule has 2 N–H and O–H groups in total. The molecule has 5 nitrogen and oxygen atoms in total. The number of nitrogens with zero attached hydrogens (tertiary/aromatic N) is 1. The van der Waals surface area contributed by atoms with Gasteiger partial charge in [0.1, 0.15) is 5.82 Å². The second-order valence-corrected chi connectivity index (χ2v) is 4.54. The molecule has 0 atom stereocenters. The van der Waals surface area contributed by atoms with E-state index in [1.807, 2.05) is 6.92 Å². The third kappa shape index (κ3) is 6.52. The fourth-order valence-corrected chi connectivity index (χ4v) is 1.68. The second kappa shape index (κ2) is 10.2. The van der Waals surface area contributed by atoms with Crippen molar-refractivity contribution in [3.63, 3.8) is 0 Å². The van der Waals surface area contributed by atoms with Crippen molar-refractivity contribution in [2.75, 3.05) is 31.6 Å². The van der Waals surface area contributed by atoms with Gasteiger partial charge in [-0.1, -0.05) is 13.3 Å². The van der Waals surface area contributed by atoms with Crippen molar-refractivity contribution in [1.82, 2.24) is 10.3 Å². The molecule has 1 rings (SSSR count). The monoisotopic (exact) mass is 279 g/mol. The van der Waals surface area contributed by atoms with E-state index >= 15 is 0 Å². The lowest BCUT2D eigenvalue weighted by Gasteiger charge is -2.07. The average molecular weight is 279 g/mol. The minimum absolute atomic E-state index is 0.0693. The van der Waals surface area contributed by atoms with Crippen LogP contribution in [-0.2, 0) is 4.74 Å². The van der Waals surface area contributed by atoms with Crippen LogP contribution in [0.3, 0.4) is 0 Å². The van der Waals surface area contributed by atoms with Crippen LogP contribution in [0, 0.1) is 0 Å². The van der Waals surface area contributed by atoms with E-state index in [1.165, 1.54) is 0 Å². The first-order valence-electron chi connectivity index (χ1n) is 7.33. The maximum atomic E-state index is 11.9. The Balaban J connectivity index is 2.23. The summed E-state index contributed by atoms with van der Waals surface area (Å²) in [6, 6.07) is 3.48. The van der Waals surface area contributed by atoms with Crippen molar-refractivity contribution in [2.24, 2.45) is 0 Å². The summed E-state index contributed by atoms with van der Waals surface area (Å²) >= 11 is 0. The maximum absolute atomic E-state index is 11.9. The molecule has 0 unspecified atom stereocenters. The van der Waals surface area contributed by atoms with Crippen molar-refractivity contribution >= 4 is 11.7 Å². The zero-order valence-corrected chi connectivity index (χ0v) is 12.4. The summed E-state index contributed by atoms with van der Waals surface area (Å²) in [6.45, 7) is 7.05. The summed E-state index contributed by atoms with van der Waals surface area (Å²) in [6.07, 6.45) is 4.71. The molecular formula is C15H25N3O2. The molecule has 112 valence electrons. The van der Waals surface area contributed by atoms with Gasteiger partial charge >= 0.3 is 0 Å². The van der Waals surface area contributed by atoms with Gasteiger partial charge < -0.3 is 15.4 Å². The molecular weight excluding hydrogens is 254 g/mol. The molecule has 0 saturated heterocycles. The molecule has 0 aliphatic carbocycles. The molecule has 0 fully saturated rings. The predicted molar refractivity (Wildman–Crippen MR) is 81.1 cm³/mol. The van der Waals surface area contributed by atoms with Crippen LogP contribution >= 0.6 is 0 Å². The van der Waals surface area contributed by atoms with Gasteiger partial charge in [-0.25, -0.2) is 4.98 Å². The summed E-state index contributed by atoms with van der Waals surface area (Å²) in [5, 5.41) is 5.97. The standard InChI is InChI=1S/C15H25N3O2/c1-3-5-10-20-11-6-8-18-15(19)13-7-9-17-14(12-13)16-4-2/h7,9,12H,3-6,8,10-11H2,1-2H3,(H,16,17)(H,18,19). The Morgan fingerprint density at radius 2 is 2.10 bits per heavy atom. The van der Waals surface area contributed by atoms with Gasteiger partial charge in [0.2, 0.25) is 0 Å². The number of nitrogens with one attached hydrogen (secondary N) is 2. The molecule has 1 aromatic heterocycles. The number of pyridine rings is 1. The van der Waals surface area contributed by atoms with E-state index in [0.717, 1.165) is 38.2 Å². The van der Waals surface area contributed by atoms with Crippen LogP contribution in [0.4, 0.5) is 5.82 Å². The number of hydrogen-bond acceptors (Lipinski definition) is 4. The molecule has 20 heavy (non-hydrogen) atoms. The summed E-state index contributed by atoms with van der Waals surface area (Å²) in [5.41, 5.74) is 0.628. The number of ether oxygens (including phenoxy) is 1. The van der Waals surface area contributed by atoms with Crippen LogP contribution in [0.1, 0.15) is 43.5 Å². The molecule has 0 aliphatic heterocycles. The normalized spacial score (nSPS) is 10.3. The van der Waals surface area contributed by atoms with Crippen molar-refractivity contribution in [3.05, 3.63) is 23.9 Å². The van der Waals surface area contributed by atoms with E-state index in [1.54, 1.807) is 18.3 Å². The highest BCUT2D eigenvalue weighted by Crippen LogP contribution is 2.06. The minimum Gasteiger partial charge on any atom is -0.381 e.